The Morgan fingerprint density at radius 2 is 2.05 bits per heavy atom. The van der Waals surface area contributed by atoms with Crippen LogP contribution in [0.4, 0.5) is 11.9 Å². The number of nitrogens with zero attached hydrogens (tertiary/aromatic N) is 4. The summed E-state index contributed by atoms with van der Waals surface area (Å²) in [5.41, 5.74) is 0. The van der Waals surface area contributed by atoms with Crippen LogP contribution in [-0.2, 0) is 0 Å². The Hall–Kier alpha value is -1.08. The smallest absolute Gasteiger partial charge is 0.230 e. The number of nitrogens with one attached hydrogen (secondary N) is 1. The maximum absolute atomic E-state index is 9.04. The molecule has 1 heterocycles. The van der Waals surface area contributed by atoms with Crippen LogP contribution in [0.3, 0.4) is 0 Å². The van der Waals surface area contributed by atoms with Crippen molar-refractivity contribution in [2.45, 2.75) is 25.4 Å². The SMILES string of the molecule is CCCNc1nc(SCC(C)CO)nc(N(C)C)n1. The van der Waals surface area contributed by atoms with Gasteiger partial charge in [0, 0.05) is 33.0 Å². The Bertz CT molecular complexity index is 388. The Balaban J connectivity index is 2.80. The third-order valence-electron chi connectivity index (χ3n) is 2.34. The summed E-state index contributed by atoms with van der Waals surface area (Å²) in [7, 11) is 3.81. The fourth-order valence-electron chi connectivity index (χ4n) is 1.20. The van der Waals surface area contributed by atoms with Crippen LogP contribution < -0.4 is 10.2 Å². The summed E-state index contributed by atoms with van der Waals surface area (Å²) in [5, 5.41) is 12.9. The van der Waals surface area contributed by atoms with Gasteiger partial charge in [-0.3, -0.25) is 0 Å². The van der Waals surface area contributed by atoms with Gasteiger partial charge in [0.15, 0.2) is 5.16 Å². The van der Waals surface area contributed by atoms with E-state index in [9.17, 15) is 0 Å². The highest BCUT2D eigenvalue weighted by atomic mass is 32.2. The van der Waals surface area contributed by atoms with Gasteiger partial charge in [0.1, 0.15) is 0 Å². The normalized spacial score (nSPS) is 12.3. The van der Waals surface area contributed by atoms with E-state index < -0.39 is 0 Å². The molecule has 2 N–H and O–H groups in total. The zero-order valence-electron chi connectivity index (χ0n) is 12.1. The first kappa shape index (κ1) is 16.0. The van der Waals surface area contributed by atoms with Crippen molar-refractivity contribution < 1.29 is 5.11 Å². The van der Waals surface area contributed by atoms with Crippen LogP contribution in [0, 0.1) is 5.92 Å². The first-order valence-electron chi connectivity index (χ1n) is 6.47. The number of aliphatic hydroxyl groups is 1. The molecule has 0 aliphatic carbocycles. The Labute approximate surface area is 119 Å². The van der Waals surface area contributed by atoms with E-state index in [1.54, 1.807) is 11.8 Å². The van der Waals surface area contributed by atoms with Crippen LogP contribution in [0.1, 0.15) is 20.3 Å². The zero-order valence-corrected chi connectivity index (χ0v) is 12.9. The molecular formula is C12H23N5OS. The number of hydrogen-bond donors (Lipinski definition) is 2. The van der Waals surface area contributed by atoms with Gasteiger partial charge >= 0.3 is 0 Å². The number of rotatable bonds is 8. The molecule has 0 spiro atoms. The van der Waals surface area contributed by atoms with Crippen molar-refractivity contribution >= 4 is 23.7 Å². The number of thioether (sulfide) groups is 1. The minimum Gasteiger partial charge on any atom is -0.396 e. The van der Waals surface area contributed by atoms with Gasteiger partial charge in [-0.1, -0.05) is 25.6 Å². The predicted octanol–water partition coefficient (Wildman–Crippen LogP) is 1.48. The second-order valence-corrected chi connectivity index (χ2v) is 5.65. The van der Waals surface area contributed by atoms with Gasteiger partial charge < -0.3 is 15.3 Å². The van der Waals surface area contributed by atoms with Crippen LogP contribution in [0.15, 0.2) is 5.16 Å². The predicted molar refractivity (Wildman–Crippen MR) is 79.9 cm³/mol. The van der Waals surface area contributed by atoms with Crippen LogP contribution in [0.5, 0.6) is 0 Å². The minimum atomic E-state index is 0.180. The van der Waals surface area contributed by atoms with Gasteiger partial charge in [0.2, 0.25) is 11.9 Å². The zero-order chi connectivity index (χ0) is 14.3. The van der Waals surface area contributed by atoms with E-state index in [-0.39, 0.29) is 12.5 Å². The molecule has 1 aromatic rings. The molecule has 0 saturated carbocycles. The number of aromatic nitrogens is 3. The molecule has 0 radical (unpaired) electrons. The van der Waals surface area contributed by atoms with Crippen molar-refractivity contribution in [3.8, 4) is 0 Å². The van der Waals surface area contributed by atoms with Gasteiger partial charge in [0.05, 0.1) is 0 Å². The summed E-state index contributed by atoms with van der Waals surface area (Å²) in [5.74, 6) is 2.28. The van der Waals surface area contributed by atoms with Gasteiger partial charge in [-0.25, -0.2) is 0 Å². The maximum Gasteiger partial charge on any atom is 0.230 e. The first-order valence-corrected chi connectivity index (χ1v) is 7.46. The topological polar surface area (TPSA) is 74.2 Å². The van der Waals surface area contributed by atoms with Crippen molar-refractivity contribution in [1.29, 1.82) is 0 Å². The highest BCUT2D eigenvalue weighted by molar-refractivity contribution is 7.99. The third-order valence-corrected chi connectivity index (χ3v) is 3.52. The summed E-state index contributed by atoms with van der Waals surface area (Å²) in [6.45, 7) is 5.12. The van der Waals surface area contributed by atoms with E-state index in [4.69, 9.17) is 5.11 Å². The molecule has 0 aliphatic heterocycles. The monoisotopic (exact) mass is 285 g/mol. The first-order chi connectivity index (χ1) is 9.06. The molecule has 0 aromatic carbocycles. The lowest BCUT2D eigenvalue weighted by atomic mass is 10.2. The van der Waals surface area contributed by atoms with Crippen molar-refractivity contribution in [3.05, 3.63) is 0 Å². The molecule has 1 atom stereocenters. The number of aliphatic hydroxyl groups excluding tert-OH is 1. The Kier molecular flexibility index (Phi) is 6.86. The van der Waals surface area contributed by atoms with E-state index in [2.05, 4.69) is 27.2 Å². The molecule has 7 heteroatoms. The Morgan fingerprint density at radius 1 is 1.32 bits per heavy atom. The molecule has 108 valence electrons. The summed E-state index contributed by atoms with van der Waals surface area (Å²) >= 11 is 1.54. The number of hydrogen-bond acceptors (Lipinski definition) is 7. The van der Waals surface area contributed by atoms with Crippen LogP contribution in [-0.4, -0.2) is 53.1 Å². The average molecular weight is 285 g/mol. The molecule has 0 bridgehead atoms. The molecule has 0 aliphatic rings. The fraction of sp³-hybridized carbons (Fsp3) is 0.750. The molecule has 0 amide bonds. The van der Waals surface area contributed by atoms with Gasteiger partial charge in [-0.15, -0.1) is 0 Å². The lowest BCUT2D eigenvalue weighted by Crippen LogP contribution is -2.16. The summed E-state index contributed by atoms with van der Waals surface area (Å²) in [4.78, 5) is 15.0. The molecular weight excluding hydrogens is 262 g/mol. The highest BCUT2D eigenvalue weighted by Crippen LogP contribution is 2.20. The maximum atomic E-state index is 9.04. The second-order valence-electron chi connectivity index (χ2n) is 4.66. The molecule has 0 fully saturated rings. The van der Waals surface area contributed by atoms with E-state index in [0.29, 0.717) is 17.1 Å². The molecule has 0 saturated heterocycles. The standard InChI is InChI=1S/C12H23N5OS/c1-5-6-13-10-14-11(17(3)4)16-12(15-10)19-8-9(2)7-18/h9,18H,5-8H2,1-4H3,(H,13,14,15,16). The summed E-state index contributed by atoms with van der Waals surface area (Å²) in [6.07, 6.45) is 1.02. The van der Waals surface area contributed by atoms with E-state index >= 15 is 0 Å². The van der Waals surface area contributed by atoms with Crippen molar-refractivity contribution in [1.82, 2.24) is 15.0 Å². The number of anilines is 2. The Morgan fingerprint density at radius 3 is 2.63 bits per heavy atom. The largest absolute Gasteiger partial charge is 0.396 e. The molecule has 1 aromatic heterocycles. The average Bonchev–Trinajstić information content (AvgIpc) is 2.42. The van der Waals surface area contributed by atoms with Crippen molar-refractivity contribution in [2.24, 2.45) is 5.92 Å². The van der Waals surface area contributed by atoms with Gasteiger partial charge in [-0.05, 0) is 12.3 Å². The van der Waals surface area contributed by atoms with Crippen molar-refractivity contribution in [3.63, 3.8) is 0 Å². The molecule has 19 heavy (non-hydrogen) atoms. The molecule has 6 nitrogen and oxygen atoms in total. The van der Waals surface area contributed by atoms with Crippen LogP contribution in [0.2, 0.25) is 0 Å². The lowest BCUT2D eigenvalue weighted by Gasteiger charge is -2.13. The van der Waals surface area contributed by atoms with E-state index in [0.717, 1.165) is 18.7 Å². The van der Waals surface area contributed by atoms with E-state index in [1.807, 2.05) is 25.9 Å². The second kappa shape index (κ2) is 8.16. The van der Waals surface area contributed by atoms with Gasteiger partial charge in [-0.2, -0.15) is 15.0 Å². The minimum absolute atomic E-state index is 0.180. The fourth-order valence-corrected chi connectivity index (χ4v) is 2.03. The quantitative estimate of drug-likeness (QED) is 0.701. The molecule has 1 rings (SSSR count). The third kappa shape index (κ3) is 5.61. The highest BCUT2D eigenvalue weighted by Gasteiger charge is 2.10. The van der Waals surface area contributed by atoms with Crippen LogP contribution in [0.25, 0.3) is 0 Å². The van der Waals surface area contributed by atoms with Crippen LogP contribution >= 0.6 is 11.8 Å². The van der Waals surface area contributed by atoms with E-state index in [1.165, 1.54) is 0 Å². The summed E-state index contributed by atoms with van der Waals surface area (Å²) in [6, 6.07) is 0. The van der Waals surface area contributed by atoms with Gasteiger partial charge in [0.25, 0.3) is 0 Å². The van der Waals surface area contributed by atoms with Crippen molar-refractivity contribution in [2.75, 3.05) is 43.2 Å². The summed E-state index contributed by atoms with van der Waals surface area (Å²) < 4.78 is 0. The lowest BCUT2D eigenvalue weighted by molar-refractivity contribution is 0.250. The molecule has 1 unspecified atom stereocenters.